The van der Waals surface area contributed by atoms with Crippen LogP contribution >= 0.6 is 0 Å². The summed E-state index contributed by atoms with van der Waals surface area (Å²) in [5.41, 5.74) is 3.10. The maximum atomic E-state index is 11.2. The van der Waals surface area contributed by atoms with Gasteiger partial charge in [-0.05, 0) is 38.0 Å². The lowest BCUT2D eigenvalue weighted by atomic mass is 10.0. The number of aromatic carboxylic acids is 1. The summed E-state index contributed by atoms with van der Waals surface area (Å²) < 4.78 is 2.07. The molecule has 0 aliphatic carbocycles. The van der Waals surface area contributed by atoms with Gasteiger partial charge in [0.2, 0.25) is 0 Å². The Labute approximate surface area is 112 Å². The van der Waals surface area contributed by atoms with Crippen LogP contribution in [0.1, 0.15) is 48.4 Å². The molecule has 1 unspecified atom stereocenters. The van der Waals surface area contributed by atoms with E-state index < -0.39 is 12.1 Å². The van der Waals surface area contributed by atoms with Gasteiger partial charge in [0.05, 0.1) is 17.2 Å². The van der Waals surface area contributed by atoms with Gasteiger partial charge in [0.15, 0.2) is 0 Å². The van der Waals surface area contributed by atoms with Crippen LogP contribution in [0.4, 0.5) is 0 Å². The zero-order valence-corrected chi connectivity index (χ0v) is 11.5. The van der Waals surface area contributed by atoms with Crippen molar-refractivity contribution in [3.8, 4) is 0 Å². The number of aryl methyl sites for hydroxylation is 2. The van der Waals surface area contributed by atoms with Gasteiger partial charge in [-0.3, -0.25) is 0 Å². The molecular weight excluding hydrogens is 242 g/mol. The molecule has 1 aromatic heterocycles. The highest BCUT2D eigenvalue weighted by molar-refractivity contribution is 5.96. The number of carboxylic acids is 1. The van der Waals surface area contributed by atoms with Crippen molar-refractivity contribution in [2.24, 2.45) is 0 Å². The summed E-state index contributed by atoms with van der Waals surface area (Å²) in [5, 5.41) is 19.9. The molecule has 2 rings (SSSR count). The third-order valence-electron chi connectivity index (χ3n) is 3.50. The van der Waals surface area contributed by atoms with Gasteiger partial charge in [-0.1, -0.05) is 6.92 Å². The van der Waals surface area contributed by atoms with Gasteiger partial charge in [-0.15, -0.1) is 0 Å². The highest BCUT2D eigenvalue weighted by Crippen LogP contribution is 2.30. The number of fused-ring (bicyclic) bond motifs is 1. The fourth-order valence-electron chi connectivity index (χ4n) is 2.53. The summed E-state index contributed by atoms with van der Waals surface area (Å²) in [4.78, 5) is 11.2. The Bertz CT molecular complexity index is 626. The normalized spacial score (nSPS) is 12.8. The van der Waals surface area contributed by atoms with Gasteiger partial charge < -0.3 is 14.8 Å². The fourth-order valence-corrected chi connectivity index (χ4v) is 2.53. The minimum atomic E-state index is -0.933. The Balaban J connectivity index is 2.86. The molecule has 102 valence electrons. The third-order valence-corrected chi connectivity index (χ3v) is 3.50. The second-order valence-electron chi connectivity index (χ2n) is 4.74. The van der Waals surface area contributed by atoms with Crippen LogP contribution in [0.2, 0.25) is 0 Å². The highest BCUT2D eigenvalue weighted by Gasteiger charge is 2.17. The zero-order valence-electron chi connectivity index (χ0n) is 11.5. The quantitative estimate of drug-likeness (QED) is 0.889. The molecule has 0 aliphatic rings. The zero-order chi connectivity index (χ0) is 14.2. The Morgan fingerprint density at radius 3 is 2.53 bits per heavy atom. The van der Waals surface area contributed by atoms with Crippen molar-refractivity contribution in [1.82, 2.24) is 4.57 Å². The summed E-state index contributed by atoms with van der Waals surface area (Å²) in [5.74, 6) is -0.933. The molecule has 0 fully saturated rings. The molecule has 4 heteroatoms. The SMILES string of the molecule is CCc1cc(C(=O)O)cc2c(C(C)O)cn(CC)c12. The van der Waals surface area contributed by atoms with Crippen molar-refractivity contribution >= 4 is 16.9 Å². The Morgan fingerprint density at radius 1 is 1.37 bits per heavy atom. The molecule has 0 amide bonds. The van der Waals surface area contributed by atoms with E-state index in [1.807, 2.05) is 20.0 Å². The van der Waals surface area contributed by atoms with E-state index in [1.54, 1.807) is 19.1 Å². The van der Waals surface area contributed by atoms with Gasteiger partial charge in [-0.2, -0.15) is 0 Å². The first-order valence-corrected chi connectivity index (χ1v) is 6.56. The van der Waals surface area contributed by atoms with E-state index in [-0.39, 0.29) is 5.56 Å². The van der Waals surface area contributed by atoms with Crippen molar-refractivity contribution in [2.75, 3.05) is 0 Å². The Morgan fingerprint density at radius 2 is 2.05 bits per heavy atom. The lowest BCUT2D eigenvalue weighted by Crippen LogP contribution is -2.00. The summed E-state index contributed by atoms with van der Waals surface area (Å²) in [6.45, 7) is 6.54. The number of aliphatic hydroxyl groups excluding tert-OH is 1. The van der Waals surface area contributed by atoms with Crippen LogP contribution < -0.4 is 0 Å². The van der Waals surface area contributed by atoms with Gasteiger partial charge in [0.25, 0.3) is 0 Å². The number of aromatic nitrogens is 1. The largest absolute Gasteiger partial charge is 0.478 e. The maximum Gasteiger partial charge on any atom is 0.335 e. The van der Waals surface area contributed by atoms with E-state index in [9.17, 15) is 15.0 Å². The van der Waals surface area contributed by atoms with Crippen molar-refractivity contribution in [1.29, 1.82) is 0 Å². The summed E-state index contributed by atoms with van der Waals surface area (Å²) >= 11 is 0. The van der Waals surface area contributed by atoms with Gasteiger partial charge in [-0.25, -0.2) is 4.79 Å². The molecule has 0 saturated carbocycles. The van der Waals surface area contributed by atoms with Crippen LogP contribution in [0.3, 0.4) is 0 Å². The first-order valence-electron chi connectivity index (χ1n) is 6.56. The predicted octanol–water partition coefficient (Wildman–Crippen LogP) is 2.98. The maximum absolute atomic E-state index is 11.2. The Hall–Kier alpha value is -1.81. The van der Waals surface area contributed by atoms with Crippen molar-refractivity contribution in [3.63, 3.8) is 0 Å². The second kappa shape index (κ2) is 5.05. The monoisotopic (exact) mass is 261 g/mol. The standard InChI is InChI=1S/C15H19NO3/c1-4-10-6-11(15(18)19)7-12-13(9(3)17)8-16(5-2)14(10)12/h6-9,17H,4-5H2,1-3H3,(H,18,19). The fraction of sp³-hybridized carbons (Fsp3) is 0.400. The van der Waals surface area contributed by atoms with Crippen molar-refractivity contribution in [2.45, 2.75) is 39.8 Å². The van der Waals surface area contributed by atoms with E-state index in [0.717, 1.165) is 35.0 Å². The van der Waals surface area contributed by atoms with E-state index in [2.05, 4.69) is 4.57 Å². The average molecular weight is 261 g/mol. The van der Waals surface area contributed by atoms with E-state index >= 15 is 0 Å². The predicted molar refractivity (Wildman–Crippen MR) is 74.6 cm³/mol. The molecule has 1 atom stereocenters. The smallest absolute Gasteiger partial charge is 0.335 e. The number of benzene rings is 1. The number of carboxylic acid groups (broad SMARTS) is 1. The van der Waals surface area contributed by atoms with Crippen LogP contribution in [0, 0.1) is 0 Å². The number of carbonyl (C=O) groups is 1. The minimum Gasteiger partial charge on any atom is -0.478 e. The number of aliphatic hydroxyl groups is 1. The van der Waals surface area contributed by atoms with Crippen molar-refractivity contribution in [3.05, 3.63) is 35.0 Å². The van der Waals surface area contributed by atoms with Gasteiger partial charge in [0.1, 0.15) is 0 Å². The summed E-state index contributed by atoms with van der Waals surface area (Å²) in [7, 11) is 0. The number of rotatable bonds is 4. The molecule has 0 aliphatic heterocycles. The number of hydrogen-bond donors (Lipinski definition) is 2. The number of hydrogen-bond acceptors (Lipinski definition) is 2. The van der Waals surface area contributed by atoms with E-state index in [0.29, 0.717) is 0 Å². The molecule has 0 spiro atoms. The molecule has 0 saturated heterocycles. The minimum absolute atomic E-state index is 0.278. The topological polar surface area (TPSA) is 62.5 Å². The average Bonchev–Trinajstić information content (AvgIpc) is 2.76. The molecular formula is C15H19NO3. The molecule has 0 radical (unpaired) electrons. The molecule has 2 N–H and O–H groups in total. The summed E-state index contributed by atoms with van der Waals surface area (Å²) in [6.07, 6.45) is 2.07. The first kappa shape index (κ1) is 13.6. The van der Waals surface area contributed by atoms with E-state index in [1.165, 1.54) is 0 Å². The molecule has 1 aromatic carbocycles. The van der Waals surface area contributed by atoms with Crippen LogP contribution in [-0.2, 0) is 13.0 Å². The molecule has 19 heavy (non-hydrogen) atoms. The lowest BCUT2D eigenvalue weighted by Gasteiger charge is -2.08. The molecule has 4 nitrogen and oxygen atoms in total. The second-order valence-corrected chi connectivity index (χ2v) is 4.74. The van der Waals surface area contributed by atoms with Crippen LogP contribution in [0.15, 0.2) is 18.3 Å². The molecule has 0 bridgehead atoms. The lowest BCUT2D eigenvalue weighted by molar-refractivity contribution is 0.0697. The third kappa shape index (κ3) is 2.24. The van der Waals surface area contributed by atoms with Gasteiger partial charge >= 0.3 is 5.97 Å². The van der Waals surface area contributed by atoms with Crippen LogP contribution in [-0.4, -0.2) is 20.7 Å². The van der Waals surface area contributed by atoms with E-state index in [4.69, 9.17) is 0 Å². The van der Waals surface area contributed by atoms with Crippen LogP contribution in [0.5, 0.6) is 0 Å². The number of nitrogens with zero attached hydrogens (tertiary/aromatic N) is 1. The Kier molecular flexibility index (Phi) is 3.62. The molecule has 2 aromatic rings. The summed E-state index contributed by atoms with van der Waals surface area (Å²) in [6, 6.07) is 3.38. The van der Waals surface area contributed by atoms with Crippen molar-refractivity contribution < 1.29 is 15.0 Å². The van der Waals surface area contributed by atoms with Crippen LogP contribution in [0.25, 0.3) is 10.9 Å². The van der Waals surface area contributed by atoms with Gasteiger partial charge in [0, 0.05) is 23.7 Å². The molecule has 1 heterocycles. The first-order chi connectivity index (χ1) is 8.99. The highest BCUT2D eigenvalue weighted by atomic mass is 16.4.